The lowest BCUT2D eigenvalue weighted by atomic mass is 10.2. The third-order valence-corrected chi connectivity index (χ3v) is 3.58. The number of amides is 1. The molecule has 0 aromatic heterocycles. The van der Waals surface area contributed by atoms with Crippen LogP contribution >= 0.6 is 15.9 Å². The van der Waals surface area contributed by atoms with E-state index in [9.17, 15) is 4.79 Å². The predicted octanol–water partition coefficient (Wildman–Crippen LogP) is 3.57. The number of carbonyl (C=O) groups excluding carboxylic acids is 1. The zero-order chi connectivity index (χ0) is 15.9. The molecular formula is C17H18BrNO3. The normalized spacial score (nSPS) is 10.1. The highest BCUT2D eigenvalue weighted by Gasteiger charge is 2.12. The maximum absolute atomic E-state index is 12.2. The maximum atomic E-state index is 12.2. The average Bonchev–Trinajstić information content (AvgIpc) is 2.53. The van der Waals surface area contributed by atoms with Crippen LogP contribution in [-0.2, 0) is 0 Å². The predicted molar refractivity (Wildman–Crippen MR) is 89.7 cm³/mol. The lowest BCUT2D eigenvalue weighted by Gasteiger charge is -2.10. The Hall–Kier alpha value is -2.01. The molecule has 5 heteroatoms. The third-order valence-electron chi connectivity index (χ3n) is 3.08. The van der Waals surface area contributed by atoms with E-state index >= 15 is 0 Å². The molecule has 0 aliphatic rings. The molecular weight excluding hydrogens is 346 g/mol. The van der Waals surface area contributed by atoms with Crippen LogP contribution in [0.15, 0.2) is 46.9 Å². The minimum Gasteiger partial charge on any atom is -0.496 e. The number of aryl methyl sites for hydroxylation is 1. The summed E-state index contributed by atoms with van der Waals surface area (Å²) in [5.41, 5.74) is 1.68. The summed E-state index contributed by atoms with van der Waals surface area (Å²) in [6.45, 7) is 2.85. The second kappa shape index (κ2) is 7.84. The maximum Gasteiger partial charge on any atom is 0.255 e. The Morgan fingerprint density at radius 1 is 1.18 bits per heavy atom. The summed E-state index contributed by atoms with van der Waals surface area (Å²) in [6.07, 6.45) is 0. The van der Waals surface area contributed by atoms with Gasteiger partial charge >= 0.3 is 0 Å². The van der Waals surface area contributed by atoms with Crippen molar-refractivity contribution in [2.45, 2.75) is 6.92 Å². The topological polar surface area (TPSA) is 47.6 Å². The van der Waals surface area contributed by atoms with Gasteiger partial charge in [-0.15, -0.1) is 0 Å². The first-order valence-electron chi connectivity index (χ1n) is 6.91. The van der Waals surface area contributed by atoms with Crippen LogP contribution in [-0.4, -0.2) is 26.2 Å². The zero-order valence-corrected chi connectivity index (χ0v) is 14.1. The number of hydrogen-bond acceptors (Lipinski definition) is 3. The molecule has 0 bridgehead atoms. The summed E-state index contributed by atoms with van der Waals surface area (Å²) in [5.74, 6) is 1.14. The minimum atomic E-state index is -0.189. The number of methoxy groups -OCH3 is 1. The van der Waals surface area contributed by atoms with Crippen molar-refractivity contribution in [3.05, 3.63) is 58.1 Å². The highest BCUT2D eigenvalue weighted by atomic mass is 79.9. The molecule has 0 spiro atoms. The van der Waals surface area contributed by atoms with Crippen LogP contribution in [0, 0.1) is 6.92 Å². The van der Waals surface area contributed by atoms with Crippen molar-refractivity contribution in [2.24, 2.45) is 0 Å². The van der Waals surface area contributed by atoms with Crippen LogP contribution in [0.3, 0.4) is 0 Å². The van der Waals surface area contributed by atoms with Gasteiger partial charge in [-0.25, -0.2) is 0 Å². The summed E-state index contributed by atoms with van der Waals surface area (Å²) < 4.78 is 11.6. The van der Waals surface area contributed by atoms with Crippen molar-refractivity contribution < 1.29 is 14.3 Å². The molecule has 2 aromatic rings. The number of ether oxygens (including phenoxy) is 2. The van der Waals surface area contributed by atoms with Gasteiger partial charge < -0.3 is 14.8 Å². The van der Waals surface area contributed by atoms with Crippen molar-refractivity contribution in [3.8, 4) is 11.5 Å². The lowest BCUT2D eigenvalue weighted by molar-refractivity contribution is 0.0944. The van der Waals surface area contributed by atoms with E-state index in [-0.39, 0.29) is 5.91 Å². The molecule has 22 heavy (non-hydrogen) atoms. The van der Waals surface area contributed by atoms with E-state index in [0.717, 1.165) is 10.2 Å². The van der Waals surface area contributed by atoms with Crippen LogP contribution in [0.2, 0.25) is 0 Å². The third kappa shape index (κ3) is 4.49. The Bertz CT molecular complexity index is 641. The van der Waals surface area contributed by atoms with Crippen LogP contribution in [0.1, 0.15) is 15.9 Å². The fraction of sp³-hybridized carbons (Fsp3) is 0.235. The molecule has 1 N–H and O–H groups in total. The van der Waals surface area contributed by atoms with Crippen LogP contribution in [0.4, 0.5) is 0 Å². The highest BCUT2D eigenvalue weighted by Crippen LogP contribution is 2.22. The van der Waals surface area contributed by atoms with Gasteiger partial charge in [0.25, 0.3) is 5.91 Å². The van der Waals surface area contributed by atoms with E-state index in [2.05, 4.69) is 21.2 Å². The molecule has 2 rings (SSSR count). The largest absolute Gasteiger partial charge is 0.496 e. The summed E-state index contributed by atoms with van der Waals surface area (Å²) >= 11 is 3.35. The monoisotopic (exact) mass is 363 g/mol. The quantitative estimate of drug-likeness (QED) is 0.798. The smallest absolute Gasteiger partial charge is 0.255 e. The first-order valence-corrected chi connectivity index (χ1v) is 7.70. The molecule has 0 heterocycles. The summed E-state index contributed by atoms with van der Waals surface area (Å²) in [7, 11) is 1.54. The van der Waals surface area contributed by atoms with Crippen molar-refractivity contribution in [3.63, 3.8) is 0 Å². The molecule has 0 saturated heterocycles. The first-order chi connectivity index (χ1) is 10.6. The Labute approximate surface area is 138 Å². The number of rotatable bonds is 6. The van der Waals surface area contributed by atoms with E-state index in [1.54, 1.807) is 19.2 Å². The van der Waals surface area contributed by atoms with Gasteiger partial charge in [-0.3, -0.25) is 4.79 Å². The van der Waals surface area contributed by atoms with Crippen molar-refractivity contribution in [1.29, 1.82) is 0 Å². The molecule has 0 unspecified atom stereocenters. The molecule has 0 fully saturated rings. The van der Waals surface area contributed by atoms with Gasteiger partial charge in [0.05, 0.1) is 19.2 Å². The minimum absolute atomic E-state index is 0.189. The van der Waals surface area contributed by atoms with Gasteiger partial charge in [0, 0.05) is 4.47 Å². The van der Waals surface area contributed by atoms with E-state index < -0.39 is 0 Å². The molecule has 116 valence electrons. The molecule has 0 saturated carbocycles. The molecule has 0 aliphatic heterocycles. The molecule has 0 atom stereocenters. The van der Waals surface area contributed by atoms with Gasteiger partial charge in [0.2, 0.25) is 0 Å². The van der Waals surface area contributed by atoms with E-state index in [4.69, 9.17) is 9.47 Å². The Balaban J connectivity index is 1.85. The van der Waals surface area contributed by atoms with Gasteiger partial charge in [-0.05, 0) is 37.3 Å². The van der Waals surface area contributed by atoms with Crippen molar-refractivity contribution in [2.75, 3.05) is 20.3 Å². The summed E-state index contributed by atoms with van der Waals surface area (Å²) in [5, 5.41) is 2.82. The molecule has 2 aromatic carbocycles. The SMILES string of the molecule is COc1ccc(Br)cc1C(=O)NCCOc1ccc(C)cc1. The highest BCUT2D eigenvalue weighted by molar-refractivity contribution is 9.10. The zero-order valence-electron chi connectivity index (χ0n) is 12.6. The Morgan fingerprint density at radius 3 is 2.59 bits per heavy atom. The van der Waals surface area contributed by atoms with Gasteiger partial charge in [-0.1, -0.05) is 33.6 Å². The van der Waals surface area contributed by atoms with E-state index in [1.807, 2.05) is 37.3 Å². The van der Waals surface area contributed by atoms with E-state index in [0.29, 0.717) is 24.5 Å². The molecule has 4 nitrogen and oxygen atoms in total. The van der Waals surface area contributed by atoms with Crippen LogP contribution in [0.25, 0.3) is 0 Å². The van der Waals surface area contributed by atoms with E-state index in [1.165, 1.54) is 5.56 Å². The van der Waals surface area contributed by atoms with Gasteiger partial charge in [0.15, 0.2) is 0 Å². The van der Waals surface area contributed by atoms with Gasteiger partial charge in [-0.2, -0.15) is 0 Å². The lowest BCUT2D eigenvalue weighted by Crippen LogP contribution is -2.28. The van der Waals surface area contributed by atoms with Crippen molar-refractivity contribution >= 4 is 21.8 Å². The molecule has 1 amide bonds. The Kier molecular flexibility index (Phi) is 5.83. The fourth-order valence-corrected chi connectivity index (χ4v) is 2.28. The van der Waals surface area contributed by atoms with Crippen LogP contribution in [0.5, 0.6) is 11.5 Å². The number of benzene rings is 2. The molecule has 0 radical (unpaired) electrons. The fourth-order valence-electron chi connectivity index (χ4n) is 1.92. The van der Waals surface area contributed by atoms with Crippen LogP contribution < -0.4 is 14.8 Å². The summed E-state index contributed by atoms with van der Waals surface area (Å²) in [4.78, 5) is 12.2. The summed E-state index contributed by atoms with van der Waals surface area (Å²) in [6, 6.07) is 13.1. The second-order valence-corrected chi connectivity index (χ2v) is 5.68. The first kappa shape index (κ1) is 16.4. The Morgan fingerprint density at radius 2 is 1.91 bits per heavy atom. The number of nitrogens with one attached hydrogen (secondary N) is 1. The molecule has 0 aliphatic carbocycles. The number of hydrogen-bond donors (Lipinski definition) is 1. The van der Waals surface area contributed by atoms with Gasteiger partial charge in [0.1, 0.15) is 18.1 Å². The number of halogens is 1. The average molecular weight is 364 g/mol. The van der Waals surface area contributed by atoms with Crippen molar-refractivity contribution in [1.82, 2.24) is 5.32 Å². The standard InChI is InChI=1S/C17H18BrNO3/c1-12-3-6-14(7-4-12)22-10-9-19-17(20)15-11-13(18)5-8-16(15)21-2/h3-8,11H,9-10H2,1-2H3,(H,19,20). The second-order valence-electron chi connectivity index (χ2n) is 4.76. The number of carbonyl (C=O) groups is 1.